The molecule has 7 heteroatoms. The number of hydrogen-bond donors (Lipinski definition) is 1. The van der Waals surface area contributed by atoms with Crippen molar-refractivity contribution in [1.29, 1.82) is 0 Å². The van der Waals surface area contributed by atoms with Crippen LogP contribution < -0.4 is 10.1 Å². The molecule has 1 aliphatic rings. The summed E-state index contributed by atoms with van der Waals surface area (Å²) in [7, 11) is 1.62. The lowest BCUT2D eigenvalue weighted by Gasteiger charge is -2.44. The van der Waals surface area contributed by atoms with Crippen LogP contribution in [0.1, 0.15) is 34.1 Å². The fourth-order valence-corrected chi connectivity index (χ4v) is 5.57. The smallest absolute Gasteiger partial charge is 0.271 e. The molecule has 0 radical (unpaired) electrons. The zero-order valence-electron chi connectivity index (χ0n) is 19.5. The number of nitrogens with one attached hydrogen (secondary N) is 1. The molecule has 1 atom stereocenters. The minimum atomic E-state index is -1.07. The van der Waals surface area contributed by atoms with E-state index in [0.717, 1.165) is 32.7 Å². The van der Waals surface area contributed by atoms with E-state index in [0.29, 0.717) is 25.3 Å². The summed E-state index contributed by atoms with van der Waals surface area (Å²) in [6, 6.07) is 19.6. The molecule has 4 aromatic rings. The van der Waals surface area contributed by atoms with Gasteiger partial charge in [-0.3, -0.25) is 9.59 Å². The first kappa shape index (κ1) is 22.2. The Kier molecular flexibility index (Phi) is 5.65. The average molecular weight is 474 g/mol. The van der Waals surface area contributed by atoms with E-state index < -0.39 is 5.54 Å². The minimum Gasteiger partial charge on any atom is -0.496 e. The number of aromatic nitrogens is 1. The van der Waals surface area contributed by atoms with Crippen molar-refractivity contribution in [2.24, 2.45) is 0 Å². The van der Waals surface area contributed by atoms with Crippen molar-refractivity contribution in [2.75, 3.05) is 7.11 Å². The summed E-state index contributed by atoms with van der Waals surface area (Å²) < 4.78 is 7.43. The monoisotopic (exact) mass is 473 g/mol. The quantitative estimate of drug-likeness (QED) is 0.440. The number of methoxy groups -OCH3 is 1. The summed E-state index contributed by atoms with van der Waals surface area (Å²) in [6.45, 7) is 4.97. The van der Waals surface area contributed by atoms with E-state index in [1.807, 2.05) is 84.5 Å². The van der Waals surface area contributed by atoms with Gasteiger partial charge in [0.1, 0.15) is 21.8 Å². The molecule has 2 aromatic carbocycles. The maximum atomic E-state index is 13.8. The molecule has 1 N–H and O–H groups in total. The van der Waals surface area contributed by atoms with Crippen LogP contribution in [0.5, 0.6) is 5.75 Å². The predicted molar refractivity (Wildman–Crippen MR) is 134 cm³/mol. The van der Waals surface area contributed by atoms with Crippen LogP contribution in [0.15, 0.2) is 66.0 Å². The van der Waals surface area contributed by atoms with Crippen LogP contribution in [-0.2, 0) is 24.4 Å². The number of aryl methyl sites for hydroxylation is 1. The van der Waals surface area contributed by atoms with Crippen LogP contribution in [0.4, 0.5) is 0 Å². The number of ether oxygens (including phenoxy) is 1. The summed E-state index contributed by atoms with van der Waals surface area (Å²) in [4.78, 5) is 30.3. The van der Waals surface area contributed by atoms with Crippen LogP contribution in [0.25, 0.3) is 10.2 Å². The zero-order valence-corrected chi connectivity index (χ0v) is 20.3. The molecule has 0 bridgehead atoms. The van der Waals surface area contributed by atoms with Gasteiger partial charge in [-0.1, -0.05) is 42.5 Å². The third kappa shape index (κ3) is 3.66. The summed E-state index contributed by atoms with van der Waals surface area (Å²) >= 11 is 1.59. The fourth-order valence-electron chi connectivity index (χ4n) is 4.68. The van der Waals surface area contributed by atoms with Crippen LogP contribution in [0.3, 0.4) is 0 Å². The molecule has 0 aliphatic carbocycles. The maximum absolute atomic E-state index is 13.8. The van der Waals surface area contributed by atoms with Crippen molar-refractivity contribution in [1.82, 2.24) is 14.8 Å². The lowest BCUT2D eigenvalue weighted by atomic mass is 9.93. The van der Waals surface area contributed by atoms with Crippen molar-refractivity contribution >= 4 is 33.4 Å². The lowest BCUT2D eigenvalue weighted by Crippen LogP contribution is -2.63. The van der Waals surface area contributed by atoms with E-state index >= 15 is 0 Å². The Morgan fingerprint density at radius 2 is 1.85 bits per heavy atom. The second-order valence-corrected chi connectivity index (χ2v) is 9.78. The molecule has 0 spiro atoms. The highest BCUT2D eigenvalue weighted by Crippen LogP contribution is 2.35. The van der Waals surface area contributed by atoms with Crippen molar-refractivity contribution in [3.05, 3.63) is 88.4 Å². The van der Waals surface area contributed by atoms with Gasteiger partial charge in [0.25, 0.3) is 5.91 Å². The highest BCUT2D eigenvalue weighted by molar-refractivity contribution is 7.16. The van der Waals surface area contributed by atoms with Crippen molar-refractivity contribution in [2.45, 2.75) is 39.0 Å². The Labute approximate surface area is 202 Å². The lowest BCUT2D eigenvalue weighted by molar-refractivity contribution is -0.133. The largest absolute Gasteiger partial charge is 0.496 e. The van der Waals surface area contributed by atoms with Gasteiger partial charge in [-0.25, -0.2) is 0 Å². The molecule has 6 nitrogen and oxygen atoms in total. The first-order valence-electron chi connectivity index (χ1n) is 11.3. The van der Waals surface area contributed by atoms with Crippen molar-refractivity contribution in [3.63, 3.8) is 0 Å². The van der Waals surface area contributed by atoms with Crippen LogP contribution in [0.2, 0.25) is 0 Å². The number of para-hydroxylation sites is 1. The summed E-state index contributed by atoms with van der Waals surface area (Å²) in [6.07, 6.45) is 0. The molecule has 174 valence electrons. The molecule has 0 saturated heterocycles. The van der Waals surface area contributed by atoms with E-state index in [1.165, 1.54) is 0 Å². The summed E-state index contributed by atoms with van der Waals surface area (Å²) in [5.41, 5.74) is 2.57. The number of carbonyl (C=O) groups excluding carboxylic acids is 2. The fraction of sp³-hybridized carbons (Fsp3) is 0.259. The van der Waals surface area contributed by atoms with Gasteiger partial charge in [-0.15, -0.1) is 11.3 Å². The van der Waals surface area contributed by atoms with Crippen LogP contribution >= 0.6 is 11.3 Å². The molecule has 0 saturated carbocycles. The number of nitrogens with zero attached hydrogens (tertiary/aromatic N) is 2. The first-order valence-corrected chi connectivity index (χ1v) is 12.1. The van der Waals surface area contributed by atoms with Crippen molar-refractivity contribution in [3.8, 4) is 5.75 Å². The predicted octanol–water partition coefficient (Wildman–Crippen LogP) is 4.75. The van der Waals surface area contributed by atoms with Crippen LogP contribution in [0, 0.1) is 6.92 Å². The number of benzene rings is 2. The van der Waals surface area contributed by atoms with Gasteiger partial charge in [-0.2, -0.15) is 0 Å². The number of rotatable bonds is 6. The molecular weight excluding hydrogens is 446 g/mol. The second kappa shape index (κ2) is 8.65. The zero-order chi connectivity index (χ0) is 23.9. The Bertz CT molecular complexity index is 1390. The summed E-state index contributed by atoms with van der Waals surface area (Å²) in [5.74, 6) is 0.398. The third-order valence-corrected chi connectivity index (χ3v) is 7.69. The van der Waals surface area contributed by atoms with E-state index in [9.17, 15) is 9.59 Å². The molecule has 2 aromatic heterocycles. The SMILES string of the molecule is COc1ccccc1CNC(=O)C1(C)Cn2c(cc3ccsc32)C(=O)N1Cc1ccccc1C. The molecule has 3 heterocycles. The van der Waals surface area contributed by atoms with Crippen LogP contribution in [-0.4, -0.2) is 33.9 Å². The van der Waals surface area contributed by atoms with E-state index in [-0.39, 0.29) is 11.8 Å². The highest BCUT2D eigenvalue weighted by Gasteiger charge is 2.47. The van der Waals surface area contributed by atoms with Gasteiger partial charge in [0.2, 0.25) is 5.91 Å². The standard InChI is InChI=1S/C27H27N3O3S/c1-18-8-4-5-10-21(18)16-30-24(31)22-14-19-12-13-34-25(19)29(22)17-27(30,2)26(32)28-15-20-9-6-7-11-23(20)33-3/h4-14H,15-17H2,1-3H3,(H,28,32). The number of hydrogen-bond acceptors (Lipinski definition) is 4. The summed E-state index contributed by atoms with van der Waals surface area (Å²) in [5, 5.41) is 6.12. The minimum absolute atomic E-state index is 0.132. The molecular formula is C27H27N3O3S. The maximum Gasteiger partial charge on any atom is 0.271 e. The molecule has 1 aliphatic heterocycles. The first-order chi connectivity index (χ1) is 16.4. The van der Waals surface area contributed by atoms with Gasteiger partial charge >= 0.3 is 0 Å². The number of amides is 2. The second-order valence-electron chi connectivity index (χ2n) is 8.88. The third-order valence-electron chi connectivity index (χ3n) is 6.74. The van der Waals surface area contributed by atoms with Crippen molar-refractivity contribution < 1.29 is 14.3 Å². The van der Waals surface area contributed by atoms with E-state index in [4.69, 9.17) is 4.74 Å². The Morgan fingerprint density at radius 1 is 1.12 bits per heavy atom. The van der Waals surface area contributed by atoms with Gasteiger partial charge in [-0.05, 0) is 48.6 Å². The normalized spacial score (nSPS) is 17.6. The molecule has 1 unspecified atom stereocenters. The van der Waals surface area contributed by atoms with Gasteiger partial charge in [0.05, 0.1) is 13.7 Å². The number of thiophene rings is 1. The molecule has 5 rings (SSSR count). The number of carbonyl (C=O) groups is 2. The number of fused-ring (bicyclic) bond motifs is 3. The average Bonchev–Trinajstić information content (AvgIpc) is 3.44. The van der Waals surface area contributed by atoms with Gasteiger partial charge in [0.15, 0.2) is 0 Å². The Hall–Kier alpha value is -3.58. The van der Waals surface area contributed by atoms with Gasteiger partial charge < -0.3 is 19.5 Å². The van der Waals surface area contributed by atoms with Gasteiger partial charge in [0, 0.05) is 24.0 Å². The topological polar surface area (TPSA) is 63.6 Å². The Balaban J connectivity index is 1.52. The molecule has 34 heavy (non-hydrogen) atoms. The molecule has 2 amide bonds. The van der Waals surface area contributed by atoms with E-state index in [1.54, 1.807) is 23.3 Å². The highest BCUT2D eigenvalue weighted by atomic mass is 32.1. The van der Waals surface area contributed by atoms with E-state index in [2.05, 4.69) is 5.32 Å². The Morgan fingerprint density at radius 3 is 2.62 bits per heavy atom. The molecule has 0 fully saturated rings.